The zero-order valence-corrected chi connectivity index (χ0v) is 12.4. The largest absolute Gasteiger partial charge is 0.466 e. The summed E-state index contributed by atoms with van der Waals surface area (Å²) in [6.45, 7) is 0.496. The second-order valence-electron chi connectivity index (χ2n) is 3.73. The van der Waals surface area contributed by atoms with Crippen LogP contribution in [0.25, 0.3) is 0 Å². The lowest BCUT2D eigenvalue weighted by Crippen LogP contribution is -2.04. The quantitative estimate of drug-likeness (QED) is 0.849. The van der Waals surface area contributed by atoms with Crippen LogP contribution in [0.3, 0.4) is 0 Å². The van der Waals surface area contributed by atoms with Crippen molar-refractivity contribution in [1.82, 2.24) is 0 Å². The lowest BCUT2D eigenvalue weighted by Gasteiger charge is -2.08. The SMILES string of the molecule is COC(=O)c1cc(NCc2occc2Br)ccc1Cl. The van der Waals surface area contributed by atoms with Crippen molar-refractivity contribution >= 4 is 39.2 Å². The number of furan rings is 1. The first-order chi connectivity index (χ1) is 9.11. The maximum absolute atomic E-state index is 11.5. The van der Waals surface area contributed by atoms with Crippen LogP contribution in [0, 0.1) is 0 Å². The van der Waals surface area contributed by atoms with E-state index in [0.717, 1.165) is 15.9 Å². The van der Waals surface area contributed by atoms with Crippen LogP contribution in [-0.2, 0) is 11.3 Å². The molecule has 1 aromatic carbocycles. The number of esters is 1. The van der Waals surface area contributed by atoms with Crippen molar-refractivity contribution in [3.8, 4) is 0 Å². The van der Waals surface area contributed by atoms with E-state index in [-0.39, 0.29) is 0 Å². The monoisotopic (exact) mass is 343 g/mol. The fourth-order valence-electron chi connectivity index (χ4n) is 1.54. The minimum absolute atomic E-state index is 0.327. The van der Waals surface area contributed by atoms with E-state index >= 15 is 0 Å². The standard InChI is InChI=1S/C13H11BrClNO3/c1-18-13(17)9-6-8(2-3-11(9)15)16-7-12-10(14)4-5-19-12/h2-6,16H,7H2,1H3. The van der Waals surface area contributed by atoms with Crippen molar-refractivity contribution < 1.29 is 13.9 Å². The third-order valence-electron chi connectivity index (χ3n) is 2.52. The Kier molecular flexibility index (Phi) is 4.50. The minimum Gasteiger partial charge on any atom is -0.466 e. The second-order valence-corrected chi connectivity index (χ2v) is 4.99. The van der Waals surface area contributed by atoms with E-state index in [9.17, 15) is 4.79 Å². The summed E-state index contributed by atoms with van der Waals surface area (Å²) in [5.41, 5.74) is 1.08. The normalized spacial score (nSPS) is 10.3. The van der Waals surface area contributed by atoms with E-state index in [1.807, 2.05) is 6.07 Å². The van der Waals surface area contributed by atoms with Crippen LogP contribution < -0.4 is 5.32 Å². The smallest absolute Gasteiger partial charge is 0.339 e. The zero-order valence-electron chi connectivity index (χ0n) is 10.1. The summed E-state index contributed by atoms with van der Waals surface area (Å²) in [7, 11) is 1.32. The Labute approximate surface area is 123 Å². The molecule has 2 aromatic rings. The molecule has 0 saturated carbocycles. The first-order valence-electron chi connectivity index (χ1n) is 5.45. The summed E-state index contributed by atoms with van der Waals surface area (Å²) in [5, 5.41) is 3.50. The van der Waals surface area contributed by atoms with Crippen LogP contribution >= 0.6 is 27.5 Å². The molecule has 1 N–H and O–H groups in total. The molecule has 6 heteroatoms. The maximum atomic E-state index is 11.5. The average molecular weight is 345 g/mol. The number of ether oxygens (including phenoxy) is 1. The highest BCUT2D eigenvalue weighted by Crippen LogP contribution is 2.23. The number of methoxy groups -OCH3 is 1. The highest BCUT2D eigenvalue weighted by atomic mass is 79.9. The molecule has 2 rings (SSSR count). The van der Waals surface area contributed by atoms with Crippen molar-refractivity contribution in [2.75, 3.05) is 12.4 Å². The van der Waals surface area contributed by atoms with Gasteiger partial charge in [0.25, 0.3) is 0 Å². The van der Waals surface area contributed by atoms with Crippen molar-refractivity contribution in [3.63, 3.8) is 0 Å². The summed E-state index contributed by atoms with van der Waals surface area (Å²) < 4.78 is 10.8. The van der Waals surface area contributed by atoms with Gasteiger partial charge in [0.05, 0.1) is 35.0 Å². The molecule has 1 aromatic heterocycles. The predicted molar refractivity (Wildman–Crippen MR) is 76.5 cm³/mol. The van der Waals surface area contributed by atoms with Crippen LogP contribution in [0.15, 0.2) is 39.4 Å². The van der Waals surface area contributed by atoms with Gasteiger partial charge in [0, 0.05) is 5.69 Å². The van der Waals surface area contributed by atoms with Gasteiger partial charge >= 0.3 is 5.97 Å². The summed E-state index contributed by atoms with van der Waals surface area (Å²) in [6, 6.07) is 6.89. The number of rotatable bonds is 4. The molecule has 4 nitrogen and oxygen atoms in total. The van der Waals surface area contributed by atoms with Gasteiger partial charge in [-0.25, -0.2) is 4.79 Å². The van der Waals surface area contributed by atoms with Crippen LogP contribution in [0.4, 0.5) is 5.69 Å². The predicted octanol–water partition coefficient (Wildman–Crippen LogP) is 4.09. The summed E-state index contributed by atoms with van der Waals surface area (Å²) in [4.78, 5) is 11.5. The number of hydrogen-bond donors (Lipinski definition) is 1. The van der Waals surface area contributed by atoms with Gasteiger partial charge in [-0.3, -0.25) is 0 Å². The van der Waals surface area contributed by atoms with E-state index in [1.54, 1.807) is 24.5 Å². The van der Waals surface area contributed by atoms with Crippen LogP contribution in [-0.4, -0.2) is 13.1 Å². The molecule has 100 valence electrons. The van der Waals surface area contributed by atoms with Crippen LogP contribution in [0.5, 0.6) is 0 Å². The summed E-state index contributed by atoms with van der Waals surface area (Å²) in [5.74, 6) is 0.308. The van der Waals surface area contributed by atoms with Crippen molar-refractivity contribution in [2.24, 2.45) is 0 Å². The molecule has 0 spiro atoms. The molecular weight excluding hydrogens is 334 g/mol. The molecule has 0 saturated heterocycles. The molecule has 0 radical (unpaired) electrons. The molecule has 0 aliphatic rings. The Bertz CT molecular complexity index is 597. The highest BCUT2D eigenvalue weighted by molar-refractivity contribution is 9.10. The Morgan fingerprint density at radius 1 is 1.47 bits per heavy atom. The van der Waals surface area contributed by atoms with Crippen LogP contribution in [0.1, 0.15) is 16.1 Å². The second kappa shape index (κ2) is 6.12. The molecule has 0 atom stereocenters. The Morgan fingerprint density at radius 3 is 2.89 bits per heavy atom. The fraction of sp³-hybridized carbons (Fsp3) is 0.154. The Morgan fingerprint density at radius 2 is 2.26 bits per heavy atom. The van der Waals surface area contributed by atoms with Gasteiger partial charge < -0.3 is 14.5 Å². The minimum atomic E-state index is -0.465. The van der Waals surface area contributed by atoms with E-state index in [2.05, 4.69) is 26.0 Å². The number of nitrogens with one attached hydrogen (secondary N) is 1. The van der Waals surface area contributed by atoms with Gasteiger partial charge in [0.15, 0.2) is 0 Å². The van der Waals surface area contributed by atoms with Gasteiger partial charge in [0.1, 0.15) is 5.76 Å². The molecule has 0 fully saturated rings. The average Bonchev–Trinajstić information content (AvgIpc) is 2.82. The number of anilines is 1. The van der Waals surface area contributed by atoms with E-state index in [4.69, 9.17) is 16.0 Å². The molecule has 0 unspecified atom stereocenters. The first-order valence-corrected chi connectivity index (χ1v) is 6.62. The number of carbonyl (C=O) groups excluding carboxylic acids is 1. The highest BCUT2D eigenvalue weighted by Gasteiger charge is 2.11. The van der Waals surface area contributed by atoms with E-state index < -0.39 is 5.97 Å². The van der Waals surface area contributed by atoms with Gasteiger partial charge in [-0.05, 0) is 40.2 Å². The summed E-state index contributed by atoms with van der Waals surface area (Å²) in [6.07, 6.45) is 1.60. The Hall–Kier alpha value is -1.46. The third kappa shape index (κ3) is 3.30. The fourth-order valence-corrected chi connectivity index (χ4v) is 2.07. The van der Waals surface area contributed by atoms with Gasteiger partial charge in [-0.15, -0.1) is 0 Å². The molecule has 0 aliphatic heterocycles. The molecule has 0 bridgehead atoms. The number of benzene rings is 1. The Balaban J connectivity index is 2.13. The molecular formula is C13H11BrClNO3. The lowest BCUT2D eigenvalue weighted by molar-refractivity contribution is 0.0601. The topological polar surface area (TPSA) is 51.5 Å². The van der Waals surface area contributed by atoms with E-state index in [1.165, 1.54) is 7.11 Å². The molecule has 1 heterocycles. The molecule has 0 amide bonds. The van der Waals surface area contributed by atoms with E-state index in [0.29, 0.717) is 17.1 Å². The third-order valence-corrected chi connectivity index (χ3v) is 3.55. The number of hydrogen-bond acceptors (Lipinski definition) is 4. The molecule has 19 heavy (non-hydrogen) atoms. The number of carbonyl (C=O) groups is 1. The van der Waals surface area contributed by atoms with Crippen molar-refractivity contribution in [3.05, 3.63) is 51.3 Å². The van der Waals surface area contributed by atoms with Crippen molar-refractivity contribution in [1.29, 1.82) is 0 Å². The van der Waals surface area contributed by atoms with Gasteiger partial charge in [-0.2, -0.15) is 0 Å². The lowest BCUT2D eigenvalue weighted by atomic mass is 10.2. The first kappa shape index (κ1) is 14.0. The zero-order chi connectivity index (χ0) is 13.8. The number of halogens is 2. The van der Waals surface area contributed by atoms with Gasteiger partial charge in [-0.1, -0.05) is 11.6 Å². The summed E-state index contributed by atoms with van der Waals surface area (Å²) >= 11 is 9.31. The maximum Gasteiger partial charge on any atom is 0.339 e. The molecule has 0 aliphatic carbocycles. The van der Waals surface area contributed by atoms with Crippen LogP contribution in [0.2, 0.25) is 5.02 Å². The van der Waals surface area contributed by atoms with Crippen molar-refractivity contribution in [2.45, 2.75) is 6.54 Å². The van der Waals surface area contributed by atoms with Gasteiger partial charge in [0.2, 0.25) is 0 Å².